The standard InChI is InChI=1S/C16H25NO4/c1-6-21-14-9-12(7-8-13(14)19-4)10-17-15(11(2)3)16(18)20-5/h7-9,11,15,17H,6,10H2,1-5H3/t15-/m0/s1. The molecule has 0 bridgehead atoms. The number of carbonyl (C=O) groups excluding carboxylic acids is 1. The molecule has 5 heteroatoms. The fraction of sp³-hybridized carbons (Fsp3) is 0.562. The Morgan fingerprint density at radius 2 is 1.95 bits per heavy atom. The minimum Gasteiger partial charge on any atom is -0.493 e. The van der Waals surface area contributed by atoms with E-state index in [0.29, 0.717) is 24.7 Å². The van der Waals surface area contributed by atoms with Gasteiger partial charge in [-0.25, -0.2) is 0 Å². The van der Waals surface area contributed by atoms with Gasteiger partial charge >= 0.3 is 5.97 Å². The van der Waals surface area contributed by atoms with Crippen molar-refractivity contribution in [2.45, 2.75) is 33.4 Å². The van der Waals surface area contributed by atoms with Crippen molar-refractivity contribution in [2.24, 2.45) is 5.92 Å². The predicted molar refractivity (Wildman–Crippen MR) is 81.6 cm³/mol. The monoisotopic (exact) mass is 295 g/mol. The van der Waals surface area contributed by atoms with Gasteiger partial charge in [-0.3, -0.25) is 4.79 Å². The van der Waals surface area contributed by atoms with E-state index in [0.717, 1.165) is 5.56 Å². The third kappa shape index (κ3) is 4.93. The average molecular weight is 295 g/mol. The van der Waals surface area contributed by atoms with E-state index >= 15 is 0 Å². The van der Waals surface area contributed by atoms with Gasteiger partial charge in [0.15, 0.2) is 11.5 Å². The van der Waals surface area contributed by atoms with Crippen LogP contribution < -0.4 is 14.8 Å². The van der Waals surface area contributed by atoms with E-state index in [9.17, 15) is 4.79 Å². The number of rotatable bonds is 8. The molecule has 1 aromatic carbocycles. The third-order valence-electron chi connectivity index (χ3n) is 3.18. The molecule has 21 heavy (non-hydrogen) atoms. The molecule has 1 atom stereocenters. The number of hydrogen-bond acceptors (Lipinski definition) is 5. The Balaban J connectivity index is 2.78. The number of methoxy groups -OCH3 is 2. The molecular weight excluding hydrogens is 270 g/mol. The molecule has 1 aromatic rings. The normalized spacial score (nSPS) is 12.1. The second kappa shape index (κ2) is 8.52. The molecule has 0 aliphatic heterocycles. The van der Waals surface area contributed by atoms with E-state index in [1.54, 1.807) is 7.11 Å². The average Bonchev–Trinajstić information content (AvgIpc) is 2.47. The lowest BCUT2D eigenvalue weighted by atomic mass is 10.0. The van der Waals surface area contributed by atoms with Crippen LogP contribution in [-0.2, 0) is 16.1 Å². The highest BCUT2D eigenvalue weighted by molar-refractivity contribution is 5.75. The van der Waals surface area contributed by atoms with E-state index in [1.807, 2.05) is 39.0 Å². The number of benzene rings is 1. The van der Waals surface area contributed by atoms with Gasteiger partial charge in [-0.05, 0) is 30.5 Å². The number of esters is 1. The molecule has 0 spiro atoms. The lowest BCUT2D eigenvalue weighted by Crippen LogP contribution is -2.41. The van der Waals surface area contributed by atoms with Crippen LogP contribution in [0.25, 0.3) is 0 Å². The van der Waals surface area contributed by atoms with E-state index in [2.05, 4.69) is 5.32 Å². The molecule has 0 aliphatic rings. The van der Waals surface area contributed by atoms with Gasteiger partial charge in [0, 0.05) is 6.54 Å². The van der Waals surface area contributed by atoms with Gasteiger partial charge in [-0.15, -0.1) is 0 Å². The first-order chi connectivity index (χ1) is 10.0. The Kier molecular flexibility index (Phi) is 7.02. The van der Waals surface area contributed by atoms with Crippen LogP contribution in [0.1, 0.15) is 26.3 Å². The Morgan fingerprint density at radius 1 is 1.24 bits per heavy atom. The molecular formula is C16H25NO4. The molecule has 0 radical (unpaired) electrons. The zero-order valence-corrected chi connectivity index (χ0v) is 13.4. The van der Waals surface area contributed by atoms with Crippen LogP contribution in [-0.4, -0.2) is 32.8 Å². The first kappa shape index (κ1) is 17.3. The first-order valence-electron chi connectivity index (χ1n) is 7.14. The van der Waals surface area contributed by atoms with Crippen molar-refractivity contribution in [3.63, 3.8) is 0 Å². The van der Waals surface area contributed by atoms with Crippen molar-refractivity contribution < 1.29 is 19.0 Å². The van der Waals surface area contributed by atoms with Gasteiger partial charge < -0.3 is 19.5 Å². The molecule has 0 saturated carbocycles. The van der Waals surface area contributed by atoms with Crippen LogP contribution in [0.5, 0.6) is 11.5 Å². The van der Waals surface area contributed by atoms with Gasteiger partial charge in [-0.2, -0.15) is 0 Å². The topological polar surface area (TPSA) is 56.8 Å². The van der Waals surface area contributed by atoms with E-state index in [4.69, 9.17) is 14.2 Å². The van der Waals surface area contributed by atoms with E-state index < -0.39 is 0 Å². The molecule has 1 N–H and O–H groups in total. The van der Waals surface area contributed by atoms with E-state index in [1.165, 1.54) is 7.11 Å². The lowest BCUT2D eigenvalue weighted by Gasteiger charge is -2.20. The van der Waals surface area contributed by atoms with Gasteiger partial charge in [-0.1, -0.05) is 19.9 Å². The van der Waals surface area contributed by atoms with Crippen molar-refractivity contribution in [2.75, 3.05) is 20.8 Å². The fourth-order valence-electron chi connectivity index (χ4n) is 2.05. The summed E-state index contributed by atoms with van der Waals surface area (Å²) in [4.78, 5) is 11.7. The van der Waals surface area contributed by atoms with E-state index in [-0.39, 0.29) is 17.9 Å². The number of carbonyl (C=O) groups is 1. The van der Waals surface area contributed by atoms with Gasteiger partial charge in [0.2, 0.25) is 0 Å². The summed E-state index contributed by atoms with van der Waals surface area (Å²) in [6.45, 7) is 7.02. The third-order valence-corrected chi connectivity index (χ3v) is 3.18. The number of ether oxygens (including phenoxy) is 3. The minimum atomic E-state index is -0.326. The van der Waals surface area contributed by atoms with Crippen molar-refractivity contribution in [1.82, 2.24) is 5.32 Å². The molecule has 1 rings (SSSR count). The van der Waals surface area contributed by atoms with Crippen molar-refractivity contribution >= 4 is 5.97 Å². The Morgan fingerprint density at radius 3 is 2.48 bits per heavy atom. The molecule has 5 nitrogen and oxygen atoms in total. The van der Waals surface area contributed by atoms with Crippen molar-refractivity contribution in [3.8, 4) is 11.5 Å². The molecule has 0 fully saturated rings. The highest BCUT2D eigenvalue weighted by atomic mass is 16.5. The van der Waals surface area contributed by atoms with Crippen LogP contribution in [0, 0.1) is 5.92 Å². The Hall–Kier alpha value is -1.75. The second-order valence-electron chi connectivity index (χ2n) is 5.04. The van der Waals surface area contributed by atoms with Crippen LogP contribution in [0.3, 0.4) is 0 Å². The molecule has 0 aliphatic carbocycles. The lowest BCUT2D eigenvalue weighted by molar-refractivity contribution is -0.144. The van der Waals surface area contributed by atoms with Crippen LogP contribution in [0.15, 0.2) is 18.2 Å². The summed E-state index contributed by atoms with van der Waals surface area (Å²) >= 11 is 0. The van der Waals surface area contributed by atoms with Gasteiger partial charge in [0.1, 0.15) is 6.04 Å². The molecule has 0 heterocycles. The maximum absolute atomic E-state index is 11.7. The first-order valence-corrected chi connectivity index (χ1v) is 7.14. The van der Waals surface area contributed by atoms with Gasteiger partial charge in [0.05, 0.1) is 20.8 Å². The zero-order valence-electron chi connectivity index (χ0n) is 13.4. The van der Waals surface area contributed by atoms with Crippen molar-refractivity contribution in [1.29, 1.82) is 0 Å². The summed E-state index contributed by atoms with van der Waals surface area (Å²) in [5.41, 5.74) is 1.02. The fourth-order valence-corrected chi connectivity index (χ4v) is 2.05. The maximum Gasteiger partial charge on any atom is 0.323 e. The Labute approximate surface area is 126 Å². The molecule has 0 amide bonds. The maximum atomic E-state index is 11.7. The summed E-state index contributed by atoms with van der Waals surface area (Å²) in [5, 5.41) is 3.22. The minimum absolute atomic E-state index is 0.155. The molecule has 0 unspecified atom stereocenters. The Bertz CT molecular complexity index is 460. The molecule has 118 valence electrons. The highest BCUT2D eigenvalue weighted by Gasteiger charge is 2.22. The number of nitrogens with one attached hydrogen (secondary N) is 1. The van der Waals surface area contributed by atoms with Gasteiger partial charge in [0.25, 0.3) is 0 Å². The van der Waals surface area contributed by atoms with Crippen molar-refractivity contribution in [3.05, 3.63) is 23.8 Å². The summed E-state index contributed by atoms with van der Waals surface area (Å²) in [5.74, 6) is 1.32. The summed E-state index contributed by atoms with van der Waals surface area (Å²) in [6.07, 6.45) is 0. The number of hydrogen-bond donors (Lipinski definition) is 1. The predicted octanol–water partition coefficient (Wildman–Crippen LogP) is 2.38. The molecule has 0 saturated heterocycles. The summed E-state index contributed by atoms with van der Waals surface area (Å²) in [6, 6.07) is 5.41. The summed E-state index contributed by atoms with van der Waals surface area (Å²) in [7, 11) is 3.02. The largest absolute Gasteiger partial charge is 0.493 e. The second-order valence-corrected chi connectivity index (χ2v) is 5.04. The SMILES string of the molecule is CCOc1cc(CN[C@H](C(=O)OC)C(C)C)ccc1OC. The molecule has 0 aromatic heterocycles. The zero-order chi connectivity index (χ0) is 15.8. The quantitative estimate of drug-likeness (QED) is 0.746. The van der Waals surface area contributed by atoms with Crippen LogP contribution in [0.4, 0.5) is 0 Å². The highest BCUT2D eigenvalue weighted by Crippen LogP contribution is 2.28. The van der Waals surface area contributed by atoms with Crippen LogP contribution >= 0.6 is 0 Å². The van der Waals surface area contributed by atoms with Crippen LogP contribution in [0.2, 0.25) is 0 Å². The summed E-state index contributed by atoms with van der Waals surface area (Å²) < 4.78 is 15.6. The smallest absolute Gasteiger partial charge is 0.323 e.